The molecule has 0 radical (unpaired) electrons. The number of hydrogen-bond donors (Lipinski definition) is 1. The maximum absolute atomic E-state index is 12.1. The first-order valence-corrected chi connectivity index (χ1v) is 11.9. The minimum atomic E-state index is -1.11. The van der Waals surface area contributed by atoms with Crippen LogP contribution in [0.25, 0.3) is 27.8 Å². The number of anilines is 2. The van der Waals surface area contributed by atoms with Gasteiger partial charge in [0.05, 0.1) is 30.0 Å². The Morgan fingerprint density at radius 3 is 2.47 bits per heavy atom. The number of morpholine rings is 1. The third kappa shape index (κ3) is 4.35. The van der Waals surface area contributed by atoms with Gasteiger partial charge in [0.1, 0.15) is 0 Å². The van der Waals surface area contributed by atoms with Gasteiger partial charge in [0.2, 0.25) is 5.95 Å². The van der Waals surface area contributed by atoms with Crippen molar-refractivity contribution in [3.8, 4) is 16.8 Å². The van der Waals surface area contributed by atoms with Crippen molar-refractivity contribution in [2.24, 2.45) is 0 Å². The Morgan fingerprint density at radius 2 is 1.83 bits per heavy atom. The Balaban J connectivity index is 1.71. The molecule has 3 aromatic heterocycles. The summed E-state index contributed by atoms with van der Waals surface area (Å²) in [5.41, 5.74) is 4.48. The van der Waals surface area contributed by atoms with E-state index < -0.39 is 5.97 Å². The van der Waals surface area contributed by atoms with E-state index in [0.29, 0.717) is 35.9 Å². The number of benzene rings is 1. The lowest BCUT2D eigenvalue weighted by molar-refractivity contribution is 0.0691. The number of hydrogen-bond acceptors (Lipinski definition) is 8. The van der Waals surface area contributed by atoms with Gasteiger partial charge in [-0.05, 0) is 30.2 Å². The van der Waals surface area contributed by atoms with Gasteiger partial charge in [0.15, 0.2) is 11.3 Å². The predicted octanol–water partition coefficient (Wildman–Crippen LogP) is 3.60. The molecule has 0 saturated carbocycles. The molecule has 10 heteroatoms. The number of aromatic nitrogens is 5. The first kappa shape index (κ1) is 23.7. The molecule has 0 bridgehead atoms. The van der Waals surface area contributed by atoms with Crippen LogP contribution in [0.1, 0.15) is 35.9 Å². The van der Waals surface area contributed by atoms with Gasteiger partial charge in [0, 0.05) is 56.4 Å². The van der Waals surface area contributed by atoms with Crippen molar-refractivity contribution in [2.75, 3.05) is 50.2 Å². The molecule has 36 heavy (non-hydrogen) atoms. The smallest absolute Gasteiger partial charge is 0.354 e. The largest absolute Gasteiger partial charge is 0.477 e. The molecule has 1 aliphatic heterocycles. The van der Waals surface area contributed by atoms with Crippen LogP contribution in [0, 0.1) is 0 Å². The highest BCUT2D eigenvalue weighted by molar-refractivity contribution is 6.00. The molecular formula is C26H29N7O3. The highest BCUT2D eigenvalue weighted by Crippen LogP contribution is 2.35. The molecule has 0 aliphatic carbocycles. The topological polar surface area (TPSA) is 110 Å². The summed E-state index contributed by atoms with van der Waals surface area (Å²) >= 11 is 0. The van der Waals surface area contributed by atoms with E-state index in [1.807, 2.05) is 43.3 Å². The standard InChI is InChI=1S/C26H29N7O3/c1-16(2)23-22-20(17-14-27-26(28-15-17)32-8-10-36-11-9-32)13-21(25(34)35)29-24(22)33(30-23)19-7-5-6-18(12-19)31(3)4/h5-7,12-16H,8-11H2,1-4H3,(H,34,35). The summed E-state index contributed by atoms with van der Waals surface area (Å²) in [5, 5.41) is 15.6. The number of pyridine rings is 1. The average Bonchev–Trinajstić information content (AvgIpc) is 3.29. The maximum atomic E-state index is 12.1. The summed E-state index contributed by atoms with van der Waals surface area (Å²) < 4.78 is 7.15. The van der Waals surface area contributed by atoms with Crippen LogP contribution < -0.4 is 9.80 Å². The van der Waals surface area contributed by atoms with E-state index in [1.165, 1.54) is 0 Å². The molecule has 1 aliphatic rings. The van der Waals surface area contributed by atoms with Crippen molar-refractivity contribution in [1.82, 2.24) is 24.7 Å². The fourth-order valence-corrected chi connectivity index (χ4v) is 4.35. The highest BCUT2D eigenvalue weighted by Gasteiger charge is 2.24. The Bertz CT molecular complexity index is 1410. The SMILES string of the molecule is CC(C)c1nn(-c2cccc(N(C)C)c2)c2nc(C(=O)O)cc(-c3cnc(N4CCOCC4)nc3)c12. The lowest BCUT2D eigenvalue weighted by Gasteiger charge is -2.26. The fourth-order valence-electron chi connectivity index (χ4n) is 4.35. The number of fused-ring (bicyclic) bond motifs is 1. The molecule has 5 rings (SSSR count). The number of ether oxygens (including phenoxy) is 1. The zero-order valence-corrected chi connectivity index (χ0v) is 20.8. The van der Waals surface area contributed by atoms with Crippen molar-refractivity contribution in [3.05, 3.63) is 54.1 Å². The monoisotopic (exact) mass is 487 g/mol. The number of nitrogens with zero attached hydrogens (tertiary/aromatic N) is 7. The second-order valence-corrected chi connectivity index (χ2v) is 9.30. The highest BCUT2D eigenvalue weighted by atomic mass is 16.5. The molecule has 4 heterocycles. The third-order valence-electron chi connectivity index (χ3n) is 6.26. The molecule has 1 aromatic carbocycles. The molecule has 1 fully saturated rings. The summed E-state index contributed by atoms with van der Waals surface area (Å²) in [7, 11) is 3.94. The van der Waals surface area contributed by atoms with E-state index in [9.17, 15) is 9.90 Å². The zero-order chi connectivity index (χ0) is 25.4. The van der Waals surface area contributed by atoms with Gasteiger partial charge in [-0.25, -0.2) is 24.4 Å². The van der Waals surface area contributed by atoms with Gasteiger partial charge in [-0.2, -0.15) is 5.10 Å². The van der Waals surface area contributed by atoms with Crippen LogP contribution in [0.3, 0.4) is 0 Å². The number of carboxylic acid groups (broad SMARTS) is 1. The normalized spacial score (nSPS) is 14.0. The van der Waals surface area contributed by atoms with Gasteiger partial charge in [-0.15, -0.1) is 0 Å². The Labute approximate surface area is 209 Å². The molecule has 4 aromatic rings. The van der Waals surface area contributed by atoms with Gasteiger partial charge >= 0.3 is 5.97 Å². The van der Waals surface area contributed by atoms with E-state index in [-0.39, 0.29) is 11.6 Å². The van der Waals surface area contributed by atoms with Gasteiger partial charge < -0.3 is 19.6 Å². The van der Waals surface area contributed by atoms with E-state index in [4.69, 9.17) is 9.84 Å². The number of carbonyl (C=O) groups is 1. The van der Waals surface area contributed by atoms with E-state index in [2.05, 4.69) is 33.7 Å². The van der Waals surface area contributed by atoms with Crippen molar-refractivity contribution in [1.29, 1.82) is 0 Å². The number of carboxylic acids is 1. The fraction of sp³-hybridized carbons (Fsp3) is 0.346. The van der Waals surface area contributed by atoms with Gasteiger partial charge in [0.25, 0.3) is 0 Å². The maximum Gasteiger partial charge on any atom is 0.354 e. The second kappa shape index (κ2) is 9.54. The molecule has 186 valence electrons. The van der Waals surface area contributed by atoms with Crippen LogP contribution in [0.5, 0.6) is 0 Å². The van der Waals surface area contributed by atoms with E-state index in [0.717, 1.165) is 35.5 Å². The molecule has 0 spiro atoms. The Morgan fingerprint density at radius 1 is 1.11 bits per heavy atom. The van der Waals surface area contributed by atoms with Crippen molar-refractivity contribution >= 4 is 28.6 Å². The van der Waals surface area contributed by atoms with Crippen LogP contribution in [0.15, 0.2) is 42.7 Å². The van der Waals surface area contributed by atoms with Crippen LogP contribution in [0.2, 0.25) is 0 Å². The number of aromatic carboxylic acids is 1. The minimum absolute atomic E-state index is 0.0602. The number of rotatable bonds is 6. The molecular weight excluding hydrogens is 458 g/mol. The molecule has 0 atom stereocenters. The van der Waals surface area contributed by atoms with Crippen LogP contribution in [0.4, 0.5) is 11.6 Å². The lowest BCUT2D eigenvalue weighted by Crippen LogP contribution is -2.37. The molecule has 0 amide bonds. The zero-order valence-electron chi connectivity index (χ0n) is 20.8. The Hall–Kier alpha value is -4.05. The average molecular weight is 488 g/mol. The summed E-state index contributed by atoms with van der Waals surface area (Å²) in [6.07, 6.45) is 3.48. The van der Waals surface area contributed by atoms with Gasteiger partial charge in [-0.3, -0.25) is 0 Å². The third-order valence-corrected chi connectivity index (χ3v) is 6.26. The van der Waals surface area contributed by atoms with Crippen molar-refractivity contribution < 1.29 is 14.6 Å². The first-order chi connectivity index (χ1) is 17.3. The molecule has 10 nitrogen and oxygen atoms in total. The summed E-state index contributed by atoms with van der Waals surface area (Å²) in [4.78, 5) is 29.9. The molecule has 1 N–H and O–H groups in total. The summed E-state index contributed by atoms with van der Waals surface area (Å²) in [5.74, 6) is -0.397. The molecule has 1 saturated heterocycles. The molecule has 0 unspecified atom stereocenters. The van der Waals surface area contributed by atoms with Crippen LogP contribution >= 0.6 is 0 Å². The van der Waals surface area contributed by atoms with Crippen LogP contribution in [-0.2, 0) is 4.74 Å². The van der Waals surface area contributed by atoms with Gasteiger partial charge in [-0.1, -0.05) is 19.9 Å². The lowest BCUT2D eigenvalue weighted by atomic mass is 9.99. The van der Waals surface area contributed by atoms with E-state index in [1.54, 1.807) is 23.1 Å². The Kier molecular flexibility index (Phi) is 6.27. The van der Waals surface area contributed by atoms with E-state index >= 15 is 0 Å². The predicted molar refractivity (Wildman–Crippen MR) is 138 cm³/mol. The summed E-state index contributed by atoms with van der Waals surface area (Å²) in [6, 6.07) is 9.50. The van der Waals surface area contributed by atoms with Crippen molar-refractivity contribution in [3.63, 3.8) is 0 Å². The quantitative estimate of drug-likeness (QED) is 0.436. The second-order valence-electron chi connectivity index (χ2n) is 9.30. The van der Waals surface area contributed by atoms with Crippen LogP contribution in [-0.4, -0.2) is 76.2 Å². The minimum Gasteiger partial charge on any atom is -0.477 e. The summed E-state index contributed by atoms with van der Waals surface area (Å²) in [6.45, 7) is 6.88. The first-order valence-electron chi connectivity index (χ1n) is 11.9. The van der Waals surface area contributed by atoms with Crippen molar-refractivity contribution in [2.45, 2.75) is 19.8 Å².